The van der Waals surface area contributed by atoms with Gasteiger partial charge in [-0.2, -0.15) is 5.10 Å². The second kappa shape index (κ2) is 10.1. The van der Waals surface area contributed by atoms with E-state index < -0.39 is 8.07 Å². The molecule has 1 N–H and O–H groups in total. The van der Waals surface area contributed by atoms with Crippen LogP contribution in [-0.2, 0) is 24.4 Å². The van der Waals surface area contributed by atoms with E-state index in [2.05, 4.69) is 48.3 Å². The summed E-state index contributed by atoms with van der Waals surface area (Å²) in [4.78, 5) is 0. The van der Waals surface area contributed by atoms with Crippen molar-refractivity contribution in [3.8, 4) is 0 Å². The molecule has 0 aliphatic heterocycles. The highest BCUT2D eigenvalue weighted by Crippen LogP contribution is 2.22. The molecule has 1 heterocycles. The van der Waals surface area contributed by atoms with Gasteiger partial charge in [-0.25, -0.2) is 4.68 Å². The van der Waals surface area contributed by atoms with Crippen molar-refractivity contribution < 1.29 is 4.74 Å². The summed E-state index contributed by atoms with van der Waals surface area (Å²) in [5, 5.41) is 8.62. The molecule has 154 valence electrons. The van der Waals surface area contributed by atoms with Gasteiger partial charge in [0.25, 0.3) is 0 Å². The lowest BCUT2D eigenvalue weighted by atomic mass is 10.1. The highest BCUT2D eigenvalue weighted by molar-refractivity contribution is 6.76. The number of nitrogens with zero attached hydrogens (tertiary/aromatic N) is 2. The first-order valence-electron chi connectivity index (χ1n) is 10.0. The van der Waals surface area contributed by atoms with Gasteiger partial charge in [-0.15, -0.1) is 0 Å². The van der Waals surface area contributed by atoms with Crippen LogP contribution in [0.2, 0.25) is 30.7 Å². The number of anilines is 1. The molecule has 0 aliphatic carbocycles. The quantitative estimate of drug-likeness (QED) is 0.316. The fourth-order valence-electron chi connectivity index (χ4n) is 2.99. The second-order valence-corrected chi connectivity index (χ2v) is 14.7. The monoisotopic (exact) mass is 427 g/mol. The first kappa shape index (κ1) is 21.6. The number of aromatic nitrogens is 2. The van der Waals surface area contributed by atoms with Crippen LogP contribution in [0.1, 0.15) is 16.7 Å². The number of hydrogen-bond acceptors (Lipinski definition) is 3. The van der Waals surface area contributed by atoms with Gasteiger partial charge >= 0.3 is 0 Å². The number of nitrogens with one attached hydrogen (secondary N) is 1. The lowest BCUT2D eigenvalue weighted by Gasteiger charge is -2.15. The summed E-state index contributed by atoms with van der Waals surface area (Å²) in [6.07, 6.45) is 4.74. The number of rotatable bonds is 10. The molecule has 0 unspecified atom stereocenters. The van der Waals surface area contributed by atoms with Crippen LogP contribution in [0.5, 0.6) is 0 Å². The predicted molar refractivity (Wildman–Crippen MR) is 124 cm³/mol. The Labute approximate surface area is 179 Å². The minimum Gasteiger partial charge on any atom is -0.381 e. The van der Waals surface area contributed by atoms with E-state index in [1.807, 2.05) is 47.4 Å². The minimum atomic E-state index is -1.05. The van der Waals surface area contributed by atoms with Gasteiger partial charge in [0.2, 0.25) is 0 Å². The van der Waals surface area contributed by atoms with Crippen LogP contribution in [0.3, 0.4) is 0 Å². The van der Waals surface area contributed by atoms with Gasteiger partial charge in [0.1, 0.15) is 6.73 Å². The molecule has 6 heteroatoms. The van der Waals surface area contributed by atoms with Gasteiger partial charge in [0.05, 0.1) is 6.20 Å². The molecule has 0 radical (unpaired) electrons. The summed E-state index contributed by atoms with van der Waals surface area (Å²) in [6, 6.07) is 17.6. The third-order valence-electron chi connectivity index (χ3n) is 4.61. The zero-order valence-corrected chi connectivity index (χ0v) is 19.2. The molecule has 0 bridgehead atoms. The Hall–Kier alpha value is -2.08. The van der Waals surface area contributed by atoms with Gasteiger partial charge < -0.3 is 10.1 Å². The summed E-state index contributed by atoms with van der Waals surface area (Å²) in [5.74, 6) is 0. The lowest BCUT2D eigenvalue weighted by molar-refractivity contribution is 0.0785. The van der Waals surface area contributed by atoms with Crippen molar-refractivity contribution >= 4 is 25.4 Å². The van der Waals surface area contributed by atoms with Crippen molar-refractivity contribution in [3.05, 3.63) is 82.6 Å². The van der Waals surface area contributed by atoms with Gasteiger partial charge in [-0.1, -0.05) is 61.6 Å². The van der Waals surface area contributed by atoms with Crippen molar-refractivity contribution in [1.29, 1.82) is 0 Å². The molecule has 4 nitrogen and oxygen atoms in total. The molecule has 0 spiro atoms. The molecule has 2 aromatic carbocycles. The Bertz CT molecular complexity index is 906. The minimum absolute atomic E-state index is 0.504. The number of hydrogen-bond donors (Lipinski definition) is 1. The Morgan fingerprint density at radius 3 is 2.59 bits per heavy atom. The van der Waals surface area contributed by atoms with E-state index in [4.69, 9.17) is 16.3 Å². The van der Waals surface area contributed by atoms with Crippen molar-refractivity contribution in [2.24, 2.45) is 0 Å². The van der Waals surface area contributed by atoms with E-state index >= 15 is 0 Å². The van der Waals surface area contributed by atoms with Crippen LogP contribution < -0.4 is 5.32 Å². The molecular weight excluding hydrogens is 398 g/mol. The molecule has 1 aromatic heterocycles. The summed E-state index contributed by atoms with van der Waals surface area (Å²) in [7, 11) is -1.05. The van der Waals surface area contributed by atoms with E-state index in [1.165, 1.54) is 11.6 Å². The largest absolute Gasteiger partial charge is 0.381 e. The topological polar surface area (TPSA) is 39.1 Å². The maximum absolute atomic E-state index is 6.35. The molecule has 3 aromatic rings. The Balaban J connectivity index is 1.54. The predicted octanol–water partition coefficient (Wildman–Crippen LogP) is 6.05. The maximum atomic E-state index is 6.35. The SMILES string of the molecule is C[Si](C)(C)CCOCn1cc(Cc2cc(Cl)cc(NCc3ccccc3)c2)cn1. The van der Waals surface area contributed by atoms with Crippen LogP contribution in [0.15, 0.2) is 60.9 Å². The Morgan fingerprint density at radius 1 is 1.03 bits per heavy atom. The molecule has 29 heavy (non-hydrogen) atoms. The maximum Gasteiger partial charge on any atom is 0.139 e. The molecule has 0 saturated carbocycles. The van der Waals surface area contributed by atoms with Crippen molar-refractivity contribution in [2.75, 3.05) is 11.9 Å². The van der Waals surface area contributed by atoms with E-state index in [0.29, 0.717) is 6.73 Å². The van der Waals surface area contributed by atoms with Crippen LogP contribution in [0.25, 0.3) is 0 Å². The number of ether oxygens (including phenoxy) is 1. The molecule has 0 amide bonds. The van der Waals surface area contributed by atoms with E-state index in [1.54, 1.807) is 0 Å². The molecule has 3 rings (SSSR count). The molecular formula is C23H30ClN3OSi. The summed E-state index contributed by atoms with van der Waals surface area (Å²) >= 11 is 6.35. The number of benzene rings is 2. The van der Waals surface area contributed by atoms with E-state index in [0.717, 1.165) is 41.4 Å². The zero-order valence-electron chi connectivity index (χ0n) is 17.5. The fourth-order valence-corrected chi connectivity index (χ4v) is 4.01. The normalized spacial score (nSPS) is 11.6. The van der Waals surface area contributed by atoms with Crippen molar-refractivity contribution in [3.63, 3.8) is 0 Å². The van der Waals surface area contributed by atoms with Crippen molar-refractivity contribution in [1.82, 2.24) is 9.78 Å². The second-order valence-electron chi connectivity index (χ2n) is 8.60. The summed E-state index contributed by atoms with van der Waals surface area (Å²) in [6.45, 7) is 9.15. The molecule has 0 fully saturated rings. The Kier molecular flexibility index (Phi) is 7.53. The third kappa shape index (κ3) is 7.69. The van der Waals surface area contributed by atoms with Crippen LogP contribution >= 0.6 is 11.6 Å². The average molecular weight is 428 g/mol. The van der Waals surface area contributed by atoms with Gasteiger partial charge in [0.15, 0.2) is 0 Å². The molecule has 0 saturated heterocycles. The lowest BCUT2D eigenvalue weighted by Crippen LogP contribution is -2.22. The molecule has 0 atom stereocenters. The van der Waals surface area contributed by atoms with E-state index in [-0.39, 0.29) is 0 Å². The number of halogens is 1. The van der Waals surface area contributed by atoms with Gasteiger partial charge in [0, 0.05) is 44.6 Å². The fraction of sp³-hybridized carbons (Fsp3) is 0.348. The summed E-state index contributed by atoms with van der Waals surface area (Å²) < 4.78 is 7.64. The average Bonchev–Trinajstić information content (AvgIpc) is 3.10. The zero-order chi connectivity index (χ0) is 20.7. The van der Waals surface area contributed by atoms with Gasteiger partial charge in [-0.05, 0) is 40.9 Å². The van der Waals surface area contributed by atoms with Crippen molar-refractivity contribution in [2.45, 2.75) is 45.4 Å². The smallest absolute Gasteiger partial charge is 0.139 e. The van der Waals surface area contributed by atoms with Crippen LogP contribution in [0.4, 0.5) is 5.69 Å². The summed E-state index contributed by atoms with van der Waals surface area (Å²) in [5.41, 5.74) is 4.57. The van der Waals surface area contributed by atoms with E-state index in [9.17, 15) is 0 Å². The van der Waals surface area contributed by atoms with Crippen LogP contribution in [0, 0.1) is 0 Å². The standard InChI is InChI=1S/C23H30ClN3OSi/c1-29(2,3)10-9-28-18-27-17-21(16-26-27)11-20-12-22(24)14-23(13-20)25-15-19-7-5-4-6-8-19/h4-8,12-14,16-17,25H,9-11,15,18H2,1-3H3. The first-order chi connectivity index (χ1) is 13.9. The highest BCUT2D eigenvalue weighted by atomic mass is 35.5. The van der Waals surface area contributed by atoms with Gasteiger partial charge in [-0.3, -0.25) is 0 Å². The highest BCUT2D eigenvalue weighted by Gasteiger charge is 2.12. The van der Waals surface area contributed by atoms with Crippen LogP contribution in [-0.4, -0.2) is 24.5 Å². The third-order valence-corrected chi connectivity index (χ3v) is 6.53. The Morgan fingerprint density at radius 2 is 1.83 bits per heavy atom. The molecule has 0 aliphatic rings. The first-order valence-corrected chi connectivity index (χ1v) is 14.1.